The van der Waals surface area contributed by atoms with Crippen molar-refractivity contribution in [3.8, 4) is 5.75 Å². The van der Waals surface area contributed by atoms with Crippen LogP contribution >= 0.6 is 0 Å². The lowest BCUT2D eigenvalue weighted by atomic mass is 10.1. The summed E-state index contributed by atoms with van der Waals surface area (Å²) in [6.07, 6.45) is 0.849. The molecule has 0 unspecified atom stereocenters. The van der Waals surface area contributed by atoms with E-state index in [0.29, 0.717) is 13.2 Å². The van der Waals surface area contributed by atoms with Gasteiger partial charge in [0.2, 0.25) is 0 Å². The van der Waals surface area contributed by atoms with Gasteiger partial charge in [-0.15, -0.1) is 0 Å². The highest BCUT2D eigenvalue weighted by atomic mass is 16.5. The maximum atomic E-state index is 5.76. The molecular weight excluding hydrogens is 214 g/mol. The molecule has 1 aromatic rings. The highest BCUT2D eigenvalue weighted by Crippen LogP contribution is 2.21. The molecule has 0 aromatic heterocycles. The van der Waals surface area contributed by atoms with Crippen LogP contribution in [-0.4, -0.2) is 19.3 Å². The minimum Gasteiger partial charge on any atom is -0.493 e. The van der Waals surface area contributed by atoms with Gasteiger partial charge < -0.3 is 15.2 Å². The van der Waals surface area contributed by atoms with Crippen molar-refractivity contribution in [1.82, 2.24) is 0 Å². The molecule has 0 saturated carbocycles. The van der Waals surface area contributed by atoms with Crippen molar-refractivity contribution in [3.05, 3.63) is 29.3 Å². The summed E-state index contributed by atoms with van der Waals surface area (Å²) in [4.78, 5) is 0. The van der Waals surface area contributed by atoms with E-state index in [4.69, 9.17) is 15.2 Å². The number of rotatable bonds is 6. The fraction of sp³-hybridized carbons (Fsp3) is 0.571. The van der Waals surface area contributed by atoms with Crippen LogP contribution in [0.2, 0.25) is 0 Å². The molecule has 0 atom stereocenters. The predicted molar refractivity (Wildman–Crippen MR) is 70.3 cm³/mol. The van der Waals surface area contributed by atoms with Crippen molar-refractivity contribution in [2.45, 2.75) is 39.3 Å². The van der Waals surface area contributed by atoms with Gasteiger partial charge in [-0.05, 0) is 26.8 Å². The largest absolute Gasteiger partial charge is 0.493 e. The third-order valence-electron chi connectivity index (χ3n) is 2.95. The van der Waals surface area contributed by atoms with Gasteiger partial charge in [0.25, 0.3) is 0 Å². The summed E-state index contributed by atoms with van der Waals surface area (Å²) < 4.78 is 11.1. The van der Waals surface area contributed by atoms with Crippen molar-refractivity contribution in [2.75, 3.05) is 13.7 Å². The predicted octanol–water partition coefficient (Wildman–Crippen LogP) is 2.65. The Bertz CT molecular complexity index is 361. The molecule has 0 saturated heterocycles. The van der Waals surface area contributed by atoms with Crippen LogP contribution in [0.3, 0.4) is 0 Å². The SMILES string of the molecule is COC(C)(C)CCOc1ccc(C)cc1CN. The molecule has 0 aliphatic rings. The van der Waals surface area contributed by atoms with Crippen LogP contribution in [0.5, 0.6) is 5.75 Å². The first kappa shape index (κ1) is 14.0. The zero-order chi connectivity index (χ0) is 12.9. The quantitative estimate of drug-likeness (QED) is 0.827. The third-order valence-corrected chi connectivity index (χ3v) is 2.95. The highest BCUT2D eigenvalue weighted by molar-refractivity contribution is 5.36. The number of hydrogen-bond donors (Lipinski definition) is 1. The van der Waals surface area contributed by atoms with Crippen molar-refractivity contribution in [2.24, 2.45) is 5.73 Å². The van der Waals surface area contributed by atoms with E-state index < -0.39 is 0 Å². The zero-order valence-electron chi connectivity index (χ0n) is 11.2. The van der Waals surface area contributed by atoms with E-state index in [2.05, 4.69) is 26.8 Å². The molecule has 0 amide bonds. The van der Waals surface area contributed by atoms with E-state index >= 15 is 0 Å². The van der Waals surface area contributed by atoms with Gasteiger partial charge in [-0.1, -0.05) is 17.7 Å². The van der Waals surface area contributed by atoms with E-state index in [1.165, 1.54) is 5.56 Å². The van der Waals surface area contributed by atoms with Gasteiger partial charge in [-0.2, -0.15) is 0 Å². The molecule has 0 radical (unpaired) electrons. The number of benzene rings is 1. The van der Waals surface area contributed by atoms with Crippen LogP contribution in [-0.2, 0) is 11.3 Å². The third kappa shape index (κ3) is 4.36. The zero-order valence-corrected chi connectivity index (χ0v) is 11.2. The average molecular weight is 237 g/mol. The maximum Gasteiger partial charge on any atom is 0.123 e. The minimum atomic E-state index is -0.145. The summed E-state index contributed by atoms with van der Waals surface area (Å²) in [6.45, 7) is 7.29. The van der Waals surface area contributed by atoms with Crippen molar-refractivity contribution < 1.29 is 9.47 Å². The lowest BCUT2D eigenvalue weighted by Crippen LogP contribution is -2.25. The van der Waals surface area contributed by atoms with Gasteiger partial charge in [0.1, 0.15) is 5.75 Å². The van der Waals surface area contributed by atoms with Gasteiger partial charge in [0.15, 0.2) is 0 Å². The number of methoxy groups -OCH3 is 1. The molecule has 0 spiro atoms. The first-order valence-electron chi connectivity index (χ1n) is 5.96. The van der Waals surface area contributed by atoms with Gasteiger partial charge in [0, 0.05) is 25.6 Å². The van der Waals surface area contributed by atoms with Gasteiger partial charge >= 0.3 is 0 Å². The molecule has 3 heteroatoms. The molecule has 2 N–H and O–H groups in total. The standard InChI is InChI=1S/C14H23NO2/c1-11-5-6-13(12(9-11)10-15)17-8-7-14(2,3)16-4/h5-6,9H,7-8,10,15H2,1-4H3. The molecule has 1 aromatic carbocycles. The van der Waals surface area contributed by atoms with Crippen molar-refractivity contribution in [3.63, 3.8) is 0 Å². The fourth-order valence-corrected chi connectivity index (χ4v) is 1.52. The van der Waals surface area contributed by atoms with Crippen LogP contribution in [0.25, 0.3) is 0 Å². The first-order valence-corrected chi connectivity index (χ1v) is 5.96. The molecular formula is C14H23NO2. The van der Waals surface area contributed by atoms with Crippen LogP contribution in [0.1, 0.15) is 31.4 Å². The maximum absolute atomic E-state index is 5.76. The Morgan fingerprint density at radius 3 is 2.59 bits per heavy atom. The van der Waals surface area contributed by atoms with Gasteiger partial charge in [-0.3, -0.25) is 0 Å². The topological polar surface area (TPSA) is 44.5 Å². The Hall–Kier alpha value is -1.06. The summed E-state index contributed by atoms with van der Waals surface area (Å²) in [7, 11) is 1.72. The Kier molecular flexibility index (Phi) is 4.97. The van der Waals surface area contributed by atoms with Crippen LogP contribution < -0.4 is 10.5 Å². The normalized spacial score (nSPS) is 11.6. The van der Waals surface area contributed by atoms with Gasteiger partial charge in [-0.25, -0.2) is 0 Å². The lowest BCUT2D eigenvalue weighted by molar-refractivity contribution is 0.00538. The number of ether oxygens (including phenoxy) is 2. The second-order valence-corrected chi connectivity index (χ2v) is 4.88. The van der Waals surface area contributed by atoms with E-state index in [1.54, 1.807) is 7.11 Å². The van der Waals surface area contributed by atoms with E-state index in [9.17, 15) is 0 Å². The fourth-order valence-electron chi connectivity index (χ4n) is 1.52. The molecule has 0 heterocycles. The van der Waals surface area contributed by atoms with Gasteiger partial charge in [0.05, 0.1) is 12.2 Å². The van der Waals surface area contributed by atoms with Crippen molar-refractivity contribution >= 4 is 0 Å². The van der Waals surface area contributed by atoms with E-state index in [0.717, 1.165) is 17.7 Å². The summed E-state index contributed by atoms with van der Waals surface area (Å²) in [5.41, 5.74) is 7.81. The van der Waals surface area contributed by atoms with E-state index in [-0.39, 0.29) is 5.60 Å². The Labute approximate surface area is 104 Å². The number of hydrogen-bond acceptors (Lipinski definition) is 3. The Morgan fingerprint density at radius 1 is 1.29 bits per heavy atom. The monoisotopic (exact) mass is 237 g/mol. The van der Waals surface area contributed by atoms with Crippen molar-refractivity contribution in [1.29, 1.82) is 0 Å². The average Bonchev–Trinajstić information content (AvgIpc) is 2.30. The van der Waals surface area contributed by atoms with Crippen LogP contribution in [0.15, 0.2) is 18.2 Å². The lowest BCUT2D eigenvalue weighted by Gasteiger charge is -2.23. The molecule has 0 bridgehead atoms. The second kappa shape index (κ2) is 6.03. The first-order chi connectivity index (χ1) is 7.98. The molecule has 0 aliphatic heterocycles. The number of aryl methyl sites for hydroxylation is 1. The second-order valence-electron chi connectivity index (χ2n) is 4.88. The summed E-state index contributed by atoms with van der Waals surface area (Å²) in [5, 5.41) is 0. The molecule has 0 aliphatic carbocycles. The van der Waals surface area contributed by atoms with Crippen LogP contribution in [0, 0.1) is 6.92 Å². The number of nitrogens with two attached hydrogens (primary N) is 1. The molecule has 96 valence electrons. The summed E-state index contributed by atoms with van der Waals surface area (Å²) in [6, 6.07) is 6.09. The molecule has 17 heavy (non-hydrogen) atoms. The van der Waals surface area contributed by atoms with Crippen LogP contribution in [0.4, 0.5) is 0 Å². The Morgan fingerprint density at radius 2 is 2.00 bits per heavy atom. The molecule has 1 rings (SSSR count). The molecule has 0 fully saturated rings. The minimum absolute atomic E-state index is 0.145. The van der Waals surface area contributed by atoms with E-state index in [1.807, 2.05) is 12.1 Å². The highest BCUT2D eigenvalue weighted by Gasteiger charge is 2.16. The summed E-state index contributed by atoms with van der Waals surface area (Å²) >= 11 is 0. The smallest absolute Gasteiger partial charge is 0.123 e. The molecule has 3 nitrogen and oxygen atoms in total. The Balaban J connectivity index is 2.57. The summed E-state index contributed by atoms with van der Waals surface area (Å²) in [5.74, 6) is 0.880.